The smallest absolute Gasteiger partial charge is 0.408 e. The van der Waals surface area contributed by atoms with E-state index in [9.17, 15) is 9.59 Å². The molecule has 0 saturated carbocycles. The van der Waals surface area contributed by atoms with Gasteiger partial charge in [0.25, 0.3) is 0 Å². The molecule has 0 aliphatic heterocycles. The topological polar surface area (TPSA) is 64.6 Å². The van der Waals surface area contributed by atoms with Crippen LogP contribution >= 0.6 is 12.6 Å². The number of amides is 1. The van der Waals surface area contributed by atoms with E-state index in [-0.39, 0.29) is 0 Å². The fourth-order valence-corrected chi connectivity index (χ4v) is 1.52. The number of hydrogen-bond acceptors (Lipinski definition) is 5. The summed E-state index contributed by atoms with van der Waals surface area (Å²) in [7, 11) is 1.30. The number of alkyl carbamates (subject to hydrolysis) is 1. The maximum absolute atomic E-state index is 11.6. The Morgan fingerprint density at radius 1 is 1.28 bits per heavy atom. The minimum absolute atomic E-state index is 0.458. The van der Waals surface area contributed by atoms with Crippen LogP contribution in [-0.4, -0.2) is 36.6 Å². The Balaban J connectivity index is 4.31. The molecule has 106 valence electrons. The molecule has 1 unspecified atom stereocenters. The van der Waals surface area contributed by atoms with E-state index in [0.717, 1.165) is 18.6 Å². The van der Waals surface area contributed by atoms with Crippen molar-refractivity contribution in [1.29, 1.82) is 0 Å². The lowest BCUT2D eigenvalue weighted by molar-refractivity contribution is -0.143. The Bertz CT molecular complexity index is 276. The molecule has 5 nitrogen and oxygen atoms in total. The van der Waals surface area contributed by atoms with Gasteiger partial charge in [-0.2, -0.15) is 12.6 Å². The summed E-state index contributed by atoms with van der Waals surface area (Å²) in [6.07, 6.45) is 1.58. The third-order valence-corrected chi connectivity index (χ3v) is 2.39. The van der Waals surface area contributed by atoms with E-state index in [1.165, 1.54) is 7.11 Å². The van der Waals surface area contributed by atoms with Gasteiger partial charge >= 0.3 is 12.1 Å². The van der Waals surface area contributed by atoms with Crippen LogP contribution in [0.15, 0.2) is 0 Å². The monoisotopic (exact) mass is 277 g/mol. The van der Waals surface area contributed by atoms with Crippen molar-refractivity contribution in [2.45, 2.75) is 51.7 Å². The van der Waals surface area contributed by atoms with Crippen LogP contribution in [-0.2, 0) is 14.3 Å². The summed E-state index contributed by atoms with van der Waals surface area (Å²) in [6, 6.07) is -0.662. The largest absolute Gasteiger partial charge is 0.467 e. The van der Waals surface area contributed by atoms with E-state index in [4.69, 9.17) is 4.74 Å². The molecular formula is C12H23NO4S. The predicted molar refractivity (Wildman–Crippen MR) is 72.9 cm³/mol. The number of unbranched alkanes of at least 4 members (excludes halogenated alkanes) is 1. The first-order valence-electron chi connectivity index (χ1n) is 5.98. The van der Waals surface area contributed by atoms with Gasteiger partial charge < -0.3 is 14.8 Å². The average molecular weight is 277 g/mol. The Hall–Kier alpha value is -0.910. The molecule has 0 spiro atoms. The molecule has 0 radical (unpaired) electrons. The molecule has 0 heterocycles. The second-order valence-electron chi connectivity index (χ2n) is 4.94. The summed E-state index contributed by atoms with van der Waals surface area (Å²) in [6.45, 7) is 5.29. The second-order valence-corrected chi connectivity index (χ2v) is 5.39. The van der Waals surface area contributed by atoms with E-state index in [1.807, 2.05) is 0 Å². The van der Waals surface area contributed by atoms with E-state index in [1.54, 1.807) is 20.8 Å². The first-order chi connectivity index (χ1) is 8.30. The Kier molecular flexibility index (Phi) is 7.82. The Labute approximate surface area is 114 Å². The number of thiol groups is 1. The fourth-order valence-electron chi connectivity index (χ4n) is 1.30. The van der Waals surface area contributed by atoms with Gasteiger partial charge in [-0.05, 0) is 45.8 Å². The molecule has 1 amide bonds. The molecular weight excluding hydrogens is 254 g/mol. The van der Waals surface area contributed by atoms with Gasteiger partial charge in [0.05, 0.1) is 7.11 Å². The van der Waals surface area contributed by atoms with Crippen LogP contribution < -0.4 is 5.32 Å². The molecule has 1 atom stereocenters. The van der Waals surface area contributed by atoms with Gasteiger partial charge in [-0.15, -0.1) is 0 Å². The maximum atomic E-state index is 11.6. The minimum atomic E-state index is -0.662. The molecule has 0 saturated heterocycles. The van der Waals surface area contributed by atoms with Crippen LogP contribution in [0.4, 0.5) is 4.79 Å². The summed E-state index contributed by atoms with van der Waals surface area (Å²) in [4.78, 5) is 23.1. The zero-order chi connectivity index (χ0) is 14.2. The van der Waals surface area contributed by atoms with Crippen LogP contribution in [0.5, 0.6) is 0 Å². The zero-order valence-electron chi connectivity index (χ0n) is 11.5. The quantitative estimate of drug-likeness (QED) is 0.443. The number of carbonyl (C=O) groups excluding carboxylic acids is 2. The van der Waals surface area contributed by atoms with Crippen molar-refractivity contribution in [3.05, 3.63) is 0 Å². The molecule has 6 heteroatoms. The summed E-state index contributed by atoms with van der Waals surface area (Å²) in [5, 5.41) is 2.52. The van der Waals surface area contributed by atoms with Crippen molar-refractivity contribution in [2.24, 2.45) is 0 Å². The molecule has 0 aromatic heterocycles. The van der Waals surface area contributed by atoms with Crippen molar-refractivity contribution in [3.63, 3.8) is 0 Å². The zero-order valence-corrected chi connectivity index (χ0v) is 12.4. The molecule has 0 aromatic rings. The van der Waals surface area contributed by atoms with E-state index in [2.05, 4.69) is 22.7 Å². The highest BCUT2D eigenvalue weighted by atomic mass is 32.1. The number of methoxy groups -OCH3 is 1. The molecule has 18 heavy (non-hydrogen) atoms. The number of carbonyl (C=O) groups is 2. The van der Waals surface area contributed by atoms with Gasteiger partial charge in [-0.25, -0.2) is 9.59 Å². The maximum Gasteiger partial charge on any atom is 0.408 e. The lowest BCUT2D eigenvalue weighted by Crippen LogP contribution is -2.44. The molecule has 0 rings (SSSR count). The van der Waals surface area contributed by atoms with Gasteiger partial charge in [0.2, 0.25) is 0 Å². The number of ether oxygens (including phenoxy) is 2. The molecule has 0 bridgehead atoms. The highest BCUT2D eigenvalue weighted by Gasteiger charge is 2.24. The minimum Gasteiger partial charge on any atom is -0.467 e. The summed E-state index contributed by atoms with van der Waals surface area (Å²) in [5.41, 5.74) is -0.587. The third-order valence-electron chi connectivity index (χ3n) is 2.08. The number of rotatable bonds is 6. The standard InChI is InChI=1S/C12H23NO4S/c1-12(2,3)17-11(15)13-9(10(14)16-4)7-5-6-8-18/h9,18H,5-8H2,1-4H3,(H,13,15). The highest BCUT2D eigenvalue weighted by Crippen LogP contribution is 2.09. The lowest BCUT2D eigenvalue weighted by atomic mass is 10.1. The fraction of sp³-hybridized carbons (Fsp3) is 0.833. The van der Waals surface area contributed by atoms with Crippen molar-refractivity contribution in [3.8, 4) is 0 Å². The Morgan fingerprint density at radius 3 is 2.33 bits per heavy atom. The number of nitrogens with one attached hydrogen (secondary N) is 1. The predicted octanol–water partition coefficient (Wildman–Crippen LogP) is 2.15. The first-order valence-corrected chi connectivity index (χ1v) is 6.61. The molecule has 0 aromatic carbocycles. The van der Waals surface area contributed by atoms with E-state index in [0.29, 0.717) is 6.42 Å². The van der Waals surface area contributed by atoms with Crippen LogP contribution in [0.2, 0.25) is 0 Å². The lowest BCUT2D eigenvalue weighted by Gasteiger charge is -2.22. The second kappa shape index (κ2) is 8.24. The summed E-state index contributed by atoms with van der Waals surface area (Å²) >= 11 is 4.10. The van der Waals surface area contributed by atoms with Gasteiger partial charge in [0.1, 0.15) is 11.6 Å². The summed E-state index contributed by atoms with van der Waals surface area (Å²) < 4.78 is 9.74. The summed E-state index contributed by atoms with van der Waals surface area (Å²) in [5.74, 6) is 0.292. The number of esters is 1. The molecule has 1 N–H and O–H groups in total. The van der Waals surface area contributed by atoms with Crippen LogP contribution in [0.1, 0.15) is 40.0 Å². The molecule has 0 fully saturated rings. The van der Waals surface area contributed by atoms with Crippen molar-refractivity contribution >= 4 is 24.7 Å². The van der Waals surface area contributed by atoms with Gasteiger partial charge in [-0.1, -0.05) is 0 Å². The Morgan fingerprint density at radius 2 is 1.89 bits per heavy atom. The van der Waals surface area contributed by atoms with E-state index >= 15 is 0 Å². The highest BCUT2D eigenvalue weighted by molar-refractivity contribution is 7.80. The molecule has 0 aliphatic carbocycles. The van der Waals surface area contributed by atoms with Crippen molar-refractivity contribution < 1.29 is 19.1 Å². The van der Waals surface area contributed by atoms with Crippen molar-refractivity contribution in [1.82, 2.24) is 5.32 Å². The average Bonchev–Trinajstić information content (AvgIpc) is 2.24. The normalized spacial score (nSPS) is 12.7. The third kappa shape index (κ3) is 8.22. The van der Waals surface area contributed by atoms with E-state index < -0.39 is 23.7 Å². The van der Waals surface area contributed by atoms with Crippen LogP contribution in [0, 0.1) is 0 Å². The van der Waals surface area contributed by atoms with Gasteiger partial charge in [0, 0.05) is 0 Å². The first kappa shape index (κ1) is 17.1. The van der Waals surface area contributed by atoms with Crippen molar-refractivity contribution in [2.75, 3.05) is 12.9 Å². The van der Waals surface area contributed by atoms with Crippen LogP contribution in [0.3, 0.4) is 0 Å². The SMILES string of the molecule is COC(=O)C(CCCCS)NC(=O)OC(C)(C)C. The van der Waals surface area contributed by atoms with Gasteiger partial charge in [0.15, 0.2) is 0 Å². The van der Waals surface area contributed by atoms with Gasteiger partial charge in [-0.3, -0.25) is 0 Å². The van der Waals surface area contributed by atoms with Crippen LogP contribution in [0.25, 0.3) is 0 Å². The number of hydrogen-bond donors (Lipinski definition) is 2. The molecule has 0 aliphatic rings.